The molecule has 0 spiro atoms. The van der Waals surface area contributed by atoms with Crippen LogP contribution in [-0.4, -0.2) is 17.5 Å². The van der Waals surface area contributed by atoms with Gasteiger partial charge in [0.15, 0.2) is 17.1 Å². The van der Waals surface area contributed by atoms with E-state index in [9.17, 15) is 5.11 Å². The van der Waals surface area contributed by atoms with Crippen LogP contribution >= 0.6 is 0 Å². The third-order valence-electron chi connectivity index (χ3n) is 2.01. The quantitative estimate of drug-likeness (QED) is 0.599. The van der Waals surface area contributed by atoms with Crippen molar-refractivity contribution in [3.8, 4) is 11.5 Å². The van der Waals surface area contributed by atoms with E-state index in [-0.39, 0.29) is 11.5 Å². The SMILES string of the molecule is COCc1cc2cc(OO)cc(O)c2o1. The zero-order chi connectivity index (χ0) is 10.8. The van der Waals surface area contributed by atoms with Crippen molar-refractivity contribution in [2.45, 2.75) is 6.61 Å². The van der Waals surface area contributed by atoms with Gasteiger partial charge in [0.1, 0.15) is 12.4 Å². The molecule has 15 heavy (non-hydrogen) atoms. The Bertz CT molecular complexity index is 474. The highest BCUT2D eigenvalue weighted by atomic mass is 17.1. The molecule has 0 amide bonds. The molecule has 0 fully saturated rings. The van der Waals surface area contributed by atoms with Crippen LogP contribution < -0.4 is 4.89 Å². The van der Waals surface area contributed by atoms with Crippen LogP contribution in [-0.2, 0) is 11.3 Å². The lowest BCUT2D eigenvalue weighted by Crippen LogP contribution is -1.82. The Morgan fingerprint density at radius 3 is 2.80 bits per heavy atom. The van der Waals surface area contributed by atoms with Crippen LogP contribution in [0.1, 0.15) is 5.76 Å². The minimum absolute atomic E-state index is 0.0843. The van der Waals surface area contributed by atoms with E-state index in [0.717, 1.165) is 0 Å². The molecule has 0 saturated carbocycles. The summed E-state index contributed by atoms with van der Waals surface area (Å²) in [6.07, 6.45) is 0. The van der Waals surface area contributed by atoms with Gasteiger partial charge in [-0.2, -0.15) is 0 Å². The van der Waals surface area contributed by atoms with Crippen LogP contribution in [0.3, 0.4) is 0 Å². The highest BCUT2D eigenvalue weighted by molar-refractivity contribution is 5.85. The molecule has 2 rings (SSSR count). The Morgan fingerprint density at radius 1 is 1.33 bits per heavy atom. The average molecular weight is 210 g/mol. The first-order valence-corrected chi connectivity index (χ1v) is 4.30. The summed E-state index contributed by atoms with van der Waals surface area (Å²) in [5.74, 6) is 0.668. The van der Waals surface area contributed by atoms with Crippen LogP contribution in [0.5, 0.6) is 11.5 Å². The van der Waals surface area contributed by atoms with Crippen LogP contribution in [0.15, 0.2) is 22.6 Å². The fraction of sp³-hybridized carbons (Fsp3) is 0.200. The molecule has 5 nitrogen and oxygen atoms in total. The molecular formula is C10H10O5. The lowest BCUT2D eigenvalue weighted by Gasteiger charge is -1.97. The Morgan fingerprint density at radius 2 is 2.13 bits per heavy atom. The molecule has 0 bridgehead atoms. The van der Waals surface area contributed by atoms with E-state index >= 15 is 0 Å². The van der Waals surface area contributed by atoms with Gasteiger partial charge in [-0.25, -0.2) is 5.26 Å². The van der Waals surface area contributed by atoms with E-state index in [1.165, 1.54) is 6.07 Å². The van der Waals surface area contributed by atoms with E-state index in [1.807, 2.05) is 0 Å². The van der Waals surface area contributed by atoms with E-state index < -0.39 is 0 Å². The summed E-state index contributed by atoms with van der Waals surface area (Å²) in [5.41, 5.74) is 0.350. The molecule has 80 valence electrons. The molecule has 0 aliphatic carbocycles. The topological polar surface area (TPSA) is 72.1 Å². The van der Waals surface area contributed by atoms with E-state index in [2.05, 4.69) is 4.89 Å². The first-order chi connectivity index (χ1) is 7.24. The molecule has 0 radical (unpaired) electrons. The van der Waals surface area contributed by atoms with Crippen molar-refractivity contribution in [3.05, 3.63) is 24.0 Å². The number of fused-ring (bicyclic) bond motifs is 1. The first kappa shape index (κ1) is 9.82. The Balaban J connectivity index is 2.54. The van der Waals surface area contributed by atoms with Gasteiger partial charge in [0, 0.05) is 18.6 Å². The highest BCUT2D eigenvalue weighted by Gasteiger charge is 2.10. The molecule has 0 unspecified atom stereocenters. The standard InChI is InChI=1S/C10H10O5/c1-13-5-8-3-6-2-7(15-12)4-9(11)10(6)14-8/h2-4,11-12H,5H2,1H3. The van der Waals surface area contributed by atoms with Crippen molar-refractivity contribution in [1.29, 1.82) is 0 Å². The summed E-state index contributed by atoms with van der Waals surface area (Å²) in [6, 6.07) is 4.53. The first-order valence-electron chi connectivity index (χ1n) is 4.30. The molecule has 0 aliphatic heterocycles. The number of ether oxygens (including phenoxy) is 1. The molecular weight excluding hydrogens is 200 g/mol. The van der Waals surface area contributed by atoms with Crippen LogP contribution in [0.25, 0.3) is 11.0 Å². The van der Waals surface area contributed by atoms with Gasteiger partial charge >= 0.3 is 0 Å². The third-order valence-corrected chi connectivity index (χ3v) is 2.01. The van der Waals surface area contributed by atoms with Crippen molar-refractivity contribution in [2.24, 2.45) is 0 Å². The fourth-order valence-corrected chi connectivity index (χ4v) is 1.43. The zero-order valence-corrected chi connectivity index (χ0v) is 8.06. The summed E-state index contributed by atoms with van der Waals surface area (Å²) >= 11 is 0. The Labute approximate surface area is 85.4 Å². The van der Waals surface area contributed by atoms with Gasteiger partial charge in [0.25, 0.3) is 0 Å². The van der Waals surface area contributed by atoms with Gasteiger partial charge in [0.05, 0.1) is 0 Å². The van der Waals surface area contributed by atoms with Gasteiger partial charge in [-0.05, 0) is 12.1 Å². The van der Waals surface area contributed by atoms with Gasteiger partial charge in [-0.15, -0.1) is 0 Å². The van der Waals surface area contributed by atoms with Crippen LogP contribution in [0.4, 0.5) is 0 Å². The number of benzene rings is 1. The fourth-order valence-electron chi connectivity index (χ4n) is 1.43. The molecule has 2 N–H and O–H groups in total. The molecule has 2 aromatic rings. The summed E-state index contributed by atoms with van der Waals surface area (Å²) in [4.78, 5) is 4.04. The van der Waals surface area contributed by atoms with Crippen molar-refractivity contribution in [1.82, 2.24) is 0 Å². The summed E-state index contributed by atoms with van der Waals surface area (Å²) in [7, 11) is 1.55. The Kier molecular flexibility index (Phi) is 2.49. The second kappa shape index (κ2) is 3.80. The van der Waals surface area contributed by atoms with Crippen molar-refractivity contribution >= 4 is 11.0 Å². The summed E-state index contributed by atoms with van der Waals surface area (Å²) in [5, 5.41) is 18.6. The number of phenolic OH excluding ortho intramolecular Hbond substituents is 1. The van der Waals surface area contributed by atoms with Gasteiger partial charge in [-0.3, -0.25) is 0 Å². The minimum Gasteiger partial charge on any atom is -0.504 e. The average Bonchev–Trinajstić information content (AvgIpc) is 2.61. The largest absolute Gasteiger partial charge is 0.504 e. The third kappa shape index (κ3) is 1.74. The predicted molar refractivity (Wildman–Crippen MR) is 51.8 cm³/mol. The predicted octanol–water partition coefficient (Wildman–Crippen LogP) is 2.14. The number of furan rings is 1. The molecule has 1 aromatic carbocycles. The molecule has 0 saturated heterocycles. The molecule has 1 heterocycles. The maximum Gasteiger partial charge on any atom is 0.176 e. The number of methoxy groups -OCH3 is 1. The summed E-state index contributed by atoms with van der Waals surface area (Å²) in [6.45, 7) is 0.323. The monoisotopic (exact) mass is 210 g/mol. The summed E-state index contributed by atoms with van der Waals surface area (Å²) < 4.78 is 10.2. The lowest BCUT2D eigenvalue weighted by molar-refractivity contribution is -0.137. The van der Waals surface area contributed by atoms with Crippen LogP contribution in [0, 0.1) is 0 Å². The van der Waals surface area contributed by atoms with Crippen LogP contribution in [0.2, 0.25) is 0 Å². The van der Waals surface area contributed by atoms with Gasteiger partial charge in [-0.1, -0.05) is 0 Å². The number of rotatable bonds is 3. The normalized spacial score (nSPS) is 10.8. The minimum atomic E-state index is -0.0843. The Hall–Kier alpha value is -1.72. The van der Waals surface area contributed by atoms with Gasteiger partial charge in [0.2, 0.25) is 0 Å². The number of aromatic hydroxyl groups is 1. The maximum atomic E-state index is 9.54. The molecule has 0 atom stereocenters. The molecule has 1 aromatic heterocycles. The lowest BCUT2D eigenvalue weighted by atomic mass is 10.2. The number of phenols is 1. The second-order valence-electron chi connectivity index (χ2n) is 3.10. The highest BCUT2D eigenvalue weighted by Crippen LogP contribution is 2.32. The van der Waals surface area contributed by atoms with E-state index in [0.29, 0.717) is 23.3 Å². The second-order valence-corrected chi connectivity index (χ2v) is 3.10. The maximum absolute atomic E-state index is 9.54. The van der Waals surface area contributed by atoms with Crippen molar-refractivity contribution in [2.75, 3.05) is 7.11 Å². The zero-order valence-electron chi connectivity index (χ0n) is 8.06. The molecule has 0 aliphatic rings. The van der Waals surface area contributed by atoms with Gasteiger partial charge < -0.3 is 19.1 Å². The van der Waals surface area contributed by atoms with E-state index in [1.54, 1.807) is 19.2 Å². The molecule has 5 heteroatoms. The number of hydrogen-bond donors (Lipinski definition) is 2. The van der Waals surface area contributed by atoms with Crippen molar-refractivity contribution < 1.29 is 24.4 Å². The number of hydrogen-bond acceptors (Lipinski definition) is 5. The van der Waals surface area contributed by atoms with Crippen molar-refractivity contribution in [3.63, 3.8) is 0 Å². The van der Waals surface area contributed by atoms with E-state index in [4.69, 9.17) is 14.4 Å². The smallest absolute Gasteiger partial charge is 0.176 e.